The van der Waals surface area contributed by atoms with Gasteiger partial charge in [0, 0.05) is 28.2 Å². The Labute approximate surface area is 165 Å². The van der Waals surface area contributed by atoms with Crippen LogP contribution >= 0.6 is 20.2 Å². The molecule has 2 rings (SSSR count). The Kier molecular flexibility index (Phi) is 8.26. The lowest BCUT2D eigenvalue weighted by atomic mass is 10.1. The molecule has 1 heterocycles. The molecule has 2 amide bonds. The third-order valence-electron chi connectivity index (χ3n) is 3.63. The molecule has 0 bridgehead atoms. The monoisotopic (exact) mass is 418 g/mol. The fraction of sp³-hybridized carbons (Fsp3) is 0.529. The number of carbonyl (C=O) groups is 2. The predicted molar refractivity (Wildman–Crippen MR) is 102 cm³/mol. The molecule has 1 aromatic rings. The molecule has 0 unspecified atom stereocenters. The number of hydrogen-bond donors (Lipinski definition) is 0. The number of para-hydroxylation sites is 1. The third kappa shape index (κ3) is 6.02. The molecule has 0 radical (unpaired) electrons. The van der Waals surface area contributed by atoms with Crippen molar-refractivity contribution in [2.45, 2.75) is 18.3 Å². The first-order chi connectivity index (χ1) is 12.8. The van der Waals surface area contributed by atoms with Gasteiger partial charge in [-0.1, -0.05) is 18.2 Å². The van der Waals surface area contributed by atoms with Crippen LogP contribution in [0.4, 0.5) is 0 Å². The van der Waals surface area contributed by atoms with E-state index < -0.39 is 26.9 Å². The normalized spacial score (nSPS) is 20.9. The van der Waals surface area contributed by atoms with Gasteiger partial charge in [0.2, 0.25) is 0 Å². The molecule has 1 aliphatic rings. The van der Waals surface area contributed by atoms with E-state index in [2.05, 4.69) is 0 Å². The first kappa shape index (κ1) is 21.9. The maximum atomic E-state index is 12.3. The molecule has 3 atom stereocenters. The van der Waals surface area contributed by atoms with Crippen molar-refractivity contribution < 1.29 is 27.9 Å². The number of likely N-dealkylation sites (N-methyl/N-ethyl adjacent to an activating group) is 2. The van der Waals surface area contributed by atoms with Gasteiger partial charge in [-0.2, -0.15) is 0 Å². The van der Waals surface area contributed by atoms with E-state index in [0.717, 1.165) is 0 Å². The van der Waals surface area contributed by atoms with Crippen molar-refractivity contribution in [3.8, 4) is 5.75 Å². The van der Waals surface area contributed by atoms with E-state index in [9.17, 15) is 9.59 Å². The molecule has 8 nitrogen and oxygen atoms in total. The molecule has 150 valence electrons. The summed E-state index contributed by atoms with van der Waals surface area (Å²) in [6.07, 6.45) is -2.65. The minimum atomic E-state index is -1.92. The van der Waals surface area contributed by atoms with Gasteiger partial charge in [0.25, 0.3) is 11.8 Å². The van der Waals surface area contributed by atoms with Crippen molar-refractivity contribution >= 4 is 32.0 Å². The number of alkyl halides is 1. The van der Waals surface area contributed by atoms with Gasteiger partial charge in [-0.25, -0.2) is 0 Å². The molecule has 0 spiro atoms. The van der Waals surface area contributed by atoms with Crippen molar-refractivity contribution in [3.63, 3.8) is 0 Å². The molecular weight excluding hydrogens is 395 g/mol. The first-order valence-electron chi connectivity index (χ1n) is 8.30. The van der Waals surface area contributed by atoms with Crippen LogP contribution in [-0.2, 0) is 23.2 Å². The minimum absolute atomic E-state index is 0.136. The standard InChI is InChI=1S/C17H24ClN2O6P/c1-19(2)16(21)14-15(17(22)20(3)4)26-27(25-14)24-13(10-18)11-23-12-8-6-5-7-9-12/h5-9,13-15H,10-11H2,1-4H3/t13-,14+,15+/m0/s1. The highest BCUT2D eigenvalue weighted by atomic mass is 35.5. The summed E-state index contributed by atoms with van der Waals surface area (Å²) < 4.78 is 22.6. The van der Waals surface area contributed by atoms with Crippen molar-refractivity contribution in [2.75, 3.05) is 40.7 Å². The number of carbonyl (C=O) groups excluding carboxylic acids is 2. The summed E-state index contributed by atoms with van der Waals surface area (Å²) in [6, 6.07) is 9.23. The van der Waals surface area contributed by atoms with Crippen LogP contribution in [0.25, 0.3) is 0 Å². The summed E-state index contributed by atoms with van der Waals surface area (Å²) >= 11 is 5.95. The Bertz CT molecular complexity index is 605. The van der Waals surface area contributed by atoms with Gasteiger partial charge in [0.05, 0.1) is 5.88 Å². The van der Waals surface area contributed by atoms with Gasteiger partial charge in [-0.3, -0.25) is 18.6 Å². The zero-order chi connectivity index (χ0) is 20.0. The first-order valence-corrected chi connectivity index (χ1v) is 9.93. The number of hydrogen-bond acceptors (Lipinski definition) is 6. The lowest BCUT2D eigenvalue weighted by Gasteiger charge is -2.21. The zero-order valence-electron chi connectivity index (χ0n) is 15.7. The van der Waals surface area contributed by atoms with Crippen LogP contribution in [0.1, 0.15) is 0 Å². The van der Waals surface area contributed by atoms with E-state index in [1.165, 1.54) is 9.80 Å². The Morgan fingerprint density at radius 2 is 1.59 bits per heavy atom. The van der Waals surface area contributed by atoms with Crippen LogP contribution in [0.5, 0.6) is 5.75 Å². The number of amides is 2. The quantitative estimate of drug-likeness (QED) is 0.474. The van der Waals surface area contributed by atoms with Crippen LogP contribution in [0.3, 0.4) is 0 Å². The Hall–Kier alpha value is -1.44. The van der Waals surface area contributed by atoms with E-state index in [1.807, 2.05) is 30.3 Å². The Morgan fingerprint density at radius 3 is 2.04 bits per heavy atom. The summed E-state index contributed by atoms with van der Waals surface area (Å²) in [5.41, 5.74) is 0. The summed E-state index contributed by atoms with van der Waals surface area (Å²) in [6.45, 7) is 0.178. The zero-order valence-corrected chi connectivity index (χ0v) is 17.4. The predicted octanol–water partition coefficient (Wildman–Crippen LogP) is 1.88. The van der Waals surface area contributed by atoms with Crippen LogP contribution in [0, 0.1) is 0 Å². The van der Waals surface area contributed by atoms with E-state index >= 15 is 0 Å². The second kappa shape index (κ2) is 10.2. The topological polar surface area (TPSA) is 77.5 Å². The molecular formula is C17H24ClN2O6P. The highest BCUT2D eigenvalue weighted by molar-refractivity contribution is 7.42. The molecule has 0 aromatic heterocycles. The highest BCUT2D eigenvalue weighted by Gasteiger charge is 2.48. The largest absolute Gasteiger partial charge is 0.491 e. The Morgan fingerprint density at radius 1 is 1.07 bits per heavy atom. The maximum Gasteiger partial charge on any atom is 0.334 e. The van der Waals surface area contributed by atoms with Crippen molar-refractivity contribution in [1.82, 2.24) is 9.80 Å². The van der Waals surface area contributed by atoms with E-state index in [-0.39, 0.29) is 24.3 Å². The van der Waals surface area contributed by atoms with Gasteiger partial charge in [-0.15, -0.1) is 11.6 Å². The number of halogens is 1. The highest BCUT2D eigenvalue weighted by Crippen LogP contribution is 2.51. The second-order valence-corrected chi connectivity index (χ2v) is 7.64. The smallest absolute Gasteiger partial charge is 0.334 e. The molecule has 27 heavy (non-hydrogen) atoms. The number of rotatable bonds is 8. The summed E-state index contributed by atoms with van der Waals surface area (Å²) in [7, 11) is 4.41. The SMILES string of the molecule is CN(C)C(=O)[C@@H]1OP(O[C@@H](CCl)COc2ccccc2)O[C@H]1C(=O)N(C)C. The second-order valence-electron chi connectivity index (χ2n) is 6.25. The minimum Gasteiger partial charge on any atom is -0.491 e. The van der Waals surface area contributed by atoms with Crippen LogP contribution in [-0.4, -0.2) is 80.6 Å². The van der Waals surface area contributed by atoms with Gasteiger partial charge in [0.1, 0.15) is 18.5 Å². The number of nitrogens with zero attached hydrogens (tertiary/aromatic N) is 2. The average molecular weight is 419 g/mol. The van der Waals surface area contributed by atoms with E-state index in [0.29, 0.717) is 5.75 Å². The Balaban J connectivity index is 1.99. The lowest BCUT2D eigenvalue weighted by Crippen LogP contribution is -2.47. The van der Waals surface area contributed by atoms with Gasteiger partial charge < -0.3 is 19.1 Å². The van der Waals surface area contributed by atoms with Crippen LogP contribution < -0.4 is 4.74 Å². The van der Waals surface area contributed by atoms with Crippen molar-refractivity contribution in [1.29, 1.82) is 0 Å². The summed E-state index contributed by atoms with van der Waals surface area (Å²) in [5, 5.41) is 0. The van der Waals surface area contributed by atoms with Gasteiger partial charge in [0.15, 0.2) is 12.2 Å². The molecule has 1 aliphatic heterocycles. The third-order valence-corrected chi connectivity index (χ3v) is 5.24. The molecule has 1 fully saturated rings. The molecule has 0 aliphatic carbocycles. The fourth-order valence-electron chi connectivity index (χ4n) is 2.16. The molecule has 1 saturated heterocycles. The lowest BCUT2D eigenvalue weighted by molar-refractivity contribution is -0.146. The molecule has 10 heteroatoms. The van der Waals surface area contributed by atoms with E-state index in [1.54, 1.807) is 28.2 Å². The van der Waals surface area contributed by atoms with Gasteiger partial charge in [-0.05, 0) is 12.1 Å². The van der Waals surface area contributed by atoms with E-state index in [4.69, 9.17) is 29.9 Å². The molecule has 1 aromatic carbocycles. The fourth-order valence-corrected chi connectivity index (χ4v) is 3.70. The number of benzene rings is 1. The van der Waals surface area contributed by atoms with Gasteiger partial charge >= 0.3 is 8.60 Å². The average Bonchev–Trinajstić information content (AvgIpc) is 3.07. The number of ether oxygens (including phenoxy) is 1. The molecule has 0 N–H and O–H groups in total. The van der Waals surface area contributed by atoms with Crippen molar-refractivity contribution in [2.24, 2.45) is 0 Å². The van der Waals surface area contributed by atoms with Crippen molar-refractivity contribution in [3.05, 3.63) is 30.3 Å². The molecule has 0 saturated carbocycles. The summed E-state index contributed by atoms with van der Waals surface area (Å²) in [5.74, 6) is 0.0776. The van der Waals surface area contributed by atoms with Crippen LogP contribution in [0.15, 0.2) is 30.3 Å². The maximum absolute atomic E-state index is 12.3. The summed E-state index contributed by atoms with van der Waals surface area (Å²) in [4.78, 5) is 27.4. The van der Waals surface area contributed by atoms with Crippen LogP contribution in [0.2, 0.25) is 0 Å².